The number of hydrogen-bond donors (Lipinski definition) is 5. The number of rotatable bonds is 11. The van der Waals surface area contributed by atoms with Crippen LogP contribution in [0.1, 0.15) is 45.4 Å². The molecule has 0 spiro atoms. The zero-order chi connectivity index (χ0) is 24.0. The Labute approximate surface area is 190 Å². The smallest absolute Gasteiger partial charge is 0.383 e. The van der Waals surface area contributed by atoms with E-state index in [2.05, 4.69) is 6.92 Å². The molecule has 0 saturated carbocycles. The highest BCUT2D eigenvalue weighted by atomic mass is 16.7. The first-order valence-electron chi connectivity index (χ1n) is 11.3. The van der Waals surface area contributed by atoms with Crippen molar-refractivity contribution in [2.45, 2.75) is 76.2 Å². The summed E-state index contributed by atoms with van der Waals surface area (Å²) in [5, 5.41) is 49.9. The minimum Gasteiger partial charge on any atom is -0.504 e. The van der Waals surface area contributed by atoms with Gasteiger partial charge in [-0.2, -0.15) is 0 Å². The van der Waals surface area contributed by atoms with E-state index >= 15 is 0 Å². The lowest BCUT2D eigenvalue weighted by Crippen LogP contribution is -2.60. The van der Waals surface area contributed by atoms with Gasteiger partial charge in [-0.05, 0) is 18.6 Å². The van der Waals surface area contributed by atoms with Crippen molar-refractivity contribution < 1.29 is 44.2 Å². The number of fused-ring (bicyclic) bond motifs is 1. The lowest BCUT2D eigenvalue weighted by molar-refractivity contribution is -0.277. The van der Waals surface area contributed by atoms with Gasteiger partial charge in [-0.15, -0.1) is 0 Å². The van der Waals surface area contributed by atoms with Crippen molar-refractivity contribution in [3.63, 3.8) is 0 Å². The van der Waals surface area contributed by atoms with Crippen molar-refractivity contribution >= 4 is 11.0 Å². The van der Waals surface area contributed by atoms with E-state index < -0.39 is 42.9 Å². The molecule has 10 nitrogen and oxygen atoms in total. The Balaban J connectivity index is 1.69. The summed E-state index contributed by atoms with van der Waals surface area (Å²) in [5.74, 6) is -0.486. The van der Waals surface area contributed by atoms with Crippen LogP contribution < -0.4 is 15.1 Å². The fourth-order valence-corrected chi connectivity index (χ4v) is 3.70. The molecule has 10 heteroatoms. The maximum atomic E-state index is 12.3. The largest absolute Gasteiger partial charge is 0.504 e. The first kappa shape index (κ1) is 25.3. The van der Waals surface area contributed by atoms with Crippen LogP contribution >= 0.6 is 0 Å². The quantitative estimate of drug-likeness (QED) is 0.241. The Morgan fingerprint density at radius 3 is 2.45 bits per heavy atom. The molecule has 0 aliphatic carbocycles. The molecule has 1 aromatic carbocycles. The van der Waals surface area contributed by atoms with Crippen LogP contribution in [-0.2, 0) is 4.74 Å². The van der Waals surface area contributed by atoms with Crippen molar-refractivity contribution in [1.29, 1.82) is 0 Å². The maximum absolute atomic E-state index is 12.3. The van der Waals surface area contributed by atoms with Gasteiger partial charge in [-0.3, -0.25) is 0 Å². The van der Waals surface area contributed by atoms with Gasteiger partial charge >= 0.3 is 5.63 Å². The van der Waals surface area contributed by atoms with E-state index in [1.54, 1.807) is 0 Å². The zero-order valence-corrected chi connectivity index (χ0v) is 18.6. The van der Waals surface area contributed by atoms with E-state index in [0.29, 0.717) is 0 Å². The highest BCUT2D eigenvalue weighted by Gasteiger charge is 2.44. The average Bonchev–Trinajstić information content (AvgIpc) is 2.80. The number of aliphatic hydroxyl groups excluding tert-OH is 4. The lowest BCUT2D eigenvalue weighted by atomic mass is 9.99. The van der Waals surface area contributed by atoms with Crippen LogP contribution in [0.25, 0.3) is 11.0 Å². The number of hydrogen-bond acceptors (Lipinski definition) is 10. The first-order chi connectivity index (χ1) is 15.9. The summed E-state index contributed by atoms with van der Waals surface area (Å²) < 4.78 is 21.6. The Kier molecular flexibility index (Phi) is 8.93. The highest BCUT2D eigenvalue weighted by Crippen LogP contribution is 2.34. The monoisotopic (exact) mass is 468 g/mol. The summed E-state index contributed by atoms with van der Waals surface area (Å²) in [6.07, 6.45) is -0.862. The lowest BCUT2D eigenvalue weighted by Gasteiger charge is -2.39. The van der Waals surface area contributed by atoms with E-state index in [9.17, 15) is 30.3 Å². The SMILES string of the molecule is CCCCCCCCOc1c(O)c2ccc(O[C@H]3O[C@H](CO)[C@@H](O)[C@H](O)[C@@H]3O)cc2oc1=O. The van der Waals surface area contributed by atoms with Crippen molar-refractivity contribution in [3.8, 4) is 17.2 Å². The summed E-state index contributed by atoms with van der Waals surface area (Å²) in [6.45, 7) is 1.84. The number of aromatic hydroxyl groups is 1. The molecule has 33 heavy (non-hydrogen) atoms. The molecule has 5 N–H and O–H groups in total. The van der Waals surface area contributed by atoms with Crippen molar-refractivity contribution in [3.05, 3.63) is 28.6 Å². The molecule has 1 fully saturated rings. The molecule has 2 aromatic rings. The normalized spacial score (nSPS) is 25.3. The Hall–Kier alpha value is -2.37. The van der Waals surface area contributed by atoms with Gasteiger partial charge in [0.25, 0.3) is 0 Å². The number of ether oxygens (including phenoxy) is 3. The molecule has 1 aromatic heterocycles. The third-order valence-electron chi connectivity index (χ3n) is 5.66. The van der Waals surface area contributed by atoms with Gasteiger partial charge in [0.05, 0.1) is 18.6 Å². The molecule has 2 heterocycles. The predicted octanol–water partition coefficient (Wildman–Crippen LogP) is 1.42. The summed E-state index contributed by atoms with van der Waals surface area (Å²) in [4.78, 5) is 12.3. The van der Waals surface area contributed by atoms with Crippen LogP contribution in [0.2, 0.25) is 0 Å². The second kappa shape index (κ2) is 11.7. The van der Waals surface area contributed by atoms with Gasteiger partial charge in [-0.1, -0.05) is 39.0 Å². The molecule has 3 rings (SSSR count). The molecule has 0 radical (unpaired) electrons. The molecule has 1 aliphatic heterocycles. The summed E-state index contributed by atoms with van der Waals surface area (Å²) in [7, 11) is 0. The summed E-state index contributed by atoms with van der Waals surface area (Å²) in [6, 6.07) is 4.21. The van der Waals surface area contributed by atoms with Crippen LogP contribution in [0.15, 0.2) is 27.4 Å². The average molecular weight is 468 g/mol. The molecule has 0 bridgehead atoms. The molecular formula is C23H32O10. The minimum atomic E-state index is -1.59. The van der Waals surface area contributed by atoms with Crippen molar-refractivity contribution in [2.75, 3.05) is 13.2 Å². The second-order valence-corrected chi connectivity index (χ2v) is 8.16. The molecule has 1 aliphatic rings. The van der Waals surface area contributed by atoms with Crippen LogP contribution in [-0.4, -0.2) is 69.5 Å². The standard InChI is InChI=1S/C23H32O10/c1-2-3-4-5-6-7-10-30-21-17(25)14-9-8-13(11-15(14)32-22(21)29)31-23-20(28)19(27)18(26)16(12-24)33-23/h8-9,11,16,18-20,23-28H,2-7,10,12H2,1H3/t16-,18-,19+,20+,23+/m1/s1. The third-order valence-corrected chi connectivity index (χ3v) is 5.66. The van der Waals surface area contributed by atoms with Crippen LogP contribution in [0.3, 0.4) is 0 Å². The van der Waals surface area contributed by atoms with Gasteiger partial charge in [0.2, 0.25) is 12.0 Å². The maximum Gasteiger partial charge on any atom is 0.383 e. The molecular weight excluding hydrogens is 436 g/mol. The summed E-state index contributed by atoms with van der Waals surface area (Å²) >= 11 is 0. The van der Waals surface area contributed by atoms with Gasteiger partial charge < -0.3 is 44.2 Å². The fourth-order valence-electron chi connectivity index (χ4n) is 3.70. The molecule has 0 amide bonds. The van der Waals surface area contributed by atoms with E-state index in [4.69, 9.17) is 18.6 Å². The number of benzene rings is 1. The van der Waals surface area contributed by atoms with Crippen LogP contribution in [0.4, 0.5) is 0 Å². The zero-order valence-electron chi connectivity index (χ0n) is 18.6. The first-order valence-corrected chi connectivity index (χ1v) is 11.3. The predicted molar refractivity (Wildman–Crippen MR) is 117 cm³/mol. The van der Waals surface area contributed by atoms with Crippen LogP contribution in [0, 0.1) is 0 Å². The number of aliphatic hydroxyl groups is 4. The Bertz CT molecular complexity index is 956. The van der Waals surface area contributed by atoms with E-state index in [-0.39, 0.29) is 34.8 Å². The van der Waals surface area contributed by atoms with Gasteiger partial charge in [0, 0.05) is 6.07 Å². The highest BCUT2D eigenvalue weighted by molar-refractivity contribution is 5.86. The molecule has 5 atom stereocenters. The Morgan fingerprint density at radius 1 is 1.00 bits per heavy atom. The fraction of sp³-hybridized carbons (Fsp3) is 0.609. The molecule has 184 valence electrons. The Morgan fingerprint density at radius 2 is 1.73 bits per heavy atom. The number of unbranched alkanes of at least 4 members (excludes halogenated alkanes) is 5. The van der Waals surface area contributed by atoms with Crippen molar-refractivity contribution in [1.82, 2.24) is 0 Å². The van der Waals surface area contributed by atoms with Gasteiger partial charge in [-0.25, -0.2) is 4.79 Å². The van der Waals surface area contributed by atoms with Crippen LogP contribution in [0.5, 0.6) is 17.2 Å². The topological polar surface area (TPSA) is 159 Å². The second-order valence-electron chi connectivity index (χ2n) is 8.16. The van der Waals surface area contributed by atoms with Gasteiger partial charge in [0.15, 0.2) is 5.75 Å². The molecule has 1 saturated heterocycles. The molecule has 0 unspecified atom stereocenters. The van der Waals surface area contributed by atoms with Crippen molar-refractivity contribution in [2.24, 2.45) is 0 Å². The van der Waals surface area contributed by atoms with E-state index in [1.807, 2.05) is 0 Å². The minimum absolute atomic E-state index is 0.0199. The third kappa shape index (κ3) is 5.96. The van der Waals surface area contributed by atoms with E-state index in [1.165, 1.54) is 24.6 Å². The van der Waals surface area contributed by atoms with E-state index in [0.717, 1.165) is 32.1 Å². The van der Waals surface area contributed by atoms with Gasteiger partial charge in [0.1, 0.15) is 35.7 Å². The summed E-state index contributed by atoms with van der Waals surface area (Å²) in [5.41, 5.74) is -0.817.